The van der Waals surface area contributed by atoms with E-state index in [0.29, 0.717) is 13.0 Å². The van der Waals surface area contributed by atoms with Crippen LogP contribution in [0.3, 0.4) is 0 Å². The van der Waals surface area contributed by atoms with Gasteiger partial charge in [0.1, 0.15) is 6.10 Å². The SMILES string of the molecule is C[C@H](O)C(Cc1ccc(CCN)cc1)OO. The summed E-state index contributed by atoms with van der Waals surface area (Å²) in [5, 5.41) is 17.9. The minimum absolute atomic E-state index is 0.483. The Kier molecular flexibility index (Phi) is 5.42. The van der Waals surface area contributed by atoms with Crippen LogP contribution >= 0.6 is 0 Å². The number of rotatable bonds is 6. The summed E-state index contributed by atoms with van der Waals surface area (Å²) in [6, 6.07) is 7.91. The van der Waals surface area contributed by atoms with E-state index in [0.717, 1.165) is 12.0 Å². The molecular formula is C12H19NO3. The molecule has 16 heavy (non-hydrogen) atoms. The number of hydrogen-bond acceptors (Lipinski definition) is 4. The molecule has 2 atom stereocenters. The molecule has 90 valence electrons. The van der Waals surface area contributed by atoms with Crippen molar-refractivity contribution in [2.45, 2.75) is 32.0 Å². The lowest BCUT2D eigenvalue weighted by Gasteiger charge is -2.16. The topological polar surface area (TPSA) is 75.7 Å². The molecule has 0 aliphatic carbocycles. The molecule has 0 spiro atoms. The number of aliphatic hydroxyl groups excluding tert-OH is 1. The van der Waals surface area contributed by atoms with Gasteiger partial charge in [-0.3, -0.25) is 5.26 Å². The van der Waals surface area contributed by atoms with Crippen molar-refractivity contribution in [1.82, 2.24) is 0 Å². The van der Waals surface area contributed by atoms with Crippen LogP contribution in [0, 0.1) is 0 Å². The van der Waals surface area contributed by atoms with Crippen molar-refractivity contribution in [3.63, 3.8) is 0 Å². The van der Waals surface area contributed by atoms with Gasteiger partial charge in [-0.05, 0) is 31.0 Å². The van der Waals surface area contributed by atoms with Crippen LogP contribution in [-0.4, -0.2) is 29.1 Å². The first-order valence-electron chi connectivity index (χ1n) is 5.43. The van der Waals surface area contributed by atoms with Crippen molar-refractivity contribution < 1.29 is 15.3 Å². The van der Waals surface area contributed by atoms with Gasteiger partial charge in [0.15, 0.2) is 0 Å². The maximum atomic E-state index is 9.31. The van der Waals surface area contributed by atoms with Crippen LogP contribution < -0.4 is 5.73 Å². The van der Waals surface area contributed by atoms with E-state index >= 15 is 0 Å². The van der Waals surface area contributed by atoms with E-state index in [1.807, 2.05) is 24.3 Å². The molecule has 0 aliphatic rings. The Balaban J connectivity index is 2.60. The van der Waals surface area contributed by atoms with E-state index in [2.05, 4.69) is 4.89 Å². The van der Waals surface area contributed by atoms with Gasteiger partial charge >= 0.3 is 0 Å². The first-order chi connectivity index (χ1) is 7.67. The first kappa shape index (κ1) is 13.1. The predicted molar refractivity (Wildman–Crippen MR) is 62.1 cm³/mol. The van der Waals surface area contributed by atoms with Gasteiger partial charge < -0.3 is 10.8 Å². The molecule has 4 heteroatoms. The molecule has 0 amide bonds. The van der Waals surface area contributed by atoms with Gasteiger partial charge in [0.25, 0.3) is 0 Å². The summed E-state index contributed by atoms with van der Waals surface area (Å²) in [6.45, 7) is 2.22. The molecule has 4 N–H and O–H groups in total. The molecule has 0 bridgehead atoms. The third-order valence-electron chi connectivity index (χ3n) is 2.57. The first-order valence-corrected chi connectivity index (χ1v) is 5.43. The van der Waals surface area contributed by atoms with Gasteiger partial charge in [-0.15, -0.1) is 0 Å². The van der Waals surface area contributed by atoms with E-state index in [-0.39, 0.29) is 0 Å². The standard InChI is InChI=1S/C12H19NO3/c1-9(14)12(16-15)8-11-4-2-10(3-5-11)6-7-13/h2-5,9,12,14-15H,6-8,13H2,1H3/t9-,12?/m0/s1. The molecule has 4 nitrogen and oxygen atoms in total. The Labute approximate surface area is 95.6 Å². The maximum Gasteiger partial charge on any atom is 0.122 e. The zero-order valence-corrected chi connectivity index (χ0v) is 9.47. The molecule has 1 rings (SSSR count). The van der Waals surface area contributed by atoms with Crippen LogP contribution in [0.4, 0.5) is 0 Å². The monoisotopic (exact) mass is 225 g/mol. The smallest absolute Gasteiger partial charge is 0.122 e. The zero-order valence-electron chi connectivity index (χ0n) is 9.47. The third kappa shape index (κ3) is 3.90. The van der Waals surface area contributed by atoms with Gasteiger partial charge in [-0.1, -0.05) is 24.3 Å². The fraction of sp³-hybridized carbons (Fsp3) is 0.500. The molecule has 1 aromatic carbocycles. The number of hydrogen-bond donors (Lipinski definition) is 3. The third-order valence-corrected chi connectivity index (χ3v) is 2.57. The second-order valence-electron chi connectivity index (χ2n) is 3.94. The van der Waals surface area contributed by atoms with Crippen molar-refractivity contribution in [2.75, 3.05) is 6.54 Å². The van der Waals surface area contributed by atoms with Crippen LogP contribution in [0.1, 0.15) is 18.1 Å². The van der Waals surface area contributed by atoms with Crippen LogP contribution in [0.15, 0.2) is 24.3 Å². The average Bonchev–Trinajstić information content (AvgIpc) is 2.28. The number of aliphatic hydroxyl groups is 1. The summed E-state index contributed by atoms with van der Waals surface area (Å²) in [7, 11) is 0. The number of benzene rings is 1. The van der Waals surface area contributed by atoms with Crippen molar-refractivity contribution in [3.05, 3.63) is 35.4 Å². The van der Waals surface area contributed by atoms with Crippen molar-refractivity contribution >= 4 is 0 Å². The van der Waals surface area contributed by atoms with Gasteiger partial charge in [0.05, 0.1) is 6.10 Å². The van der Waals surface area contributed by atoms with Gasteiger partial charge in [0.2, 0.25) is 0 Å². The summed E-state index contributed by atoms with van der Waals surface area (Å²) in [5.41, 5.74) is 7.65. The van der Waals surface area contributed by atoms with Gasteiger partial charge in [0, 0.05) is 6.42 Å². The van der Waals surface area contributed by atoms with Crippen LogP contribution in [-0.2, 0) is 17.7 Å². The van der Waals surface area contributed by atoms with Gasteiger partial charge in [-0.2, -0.15) is 0 Å². The molecule has 0 aliphatic heterocycles. The summed E-state index contributed by atoms with van der Waals surface area (Å²) >= 11 is 0. The Bertz CT molecular complexity index is 298. The zero-order chi connectivity index (χ0) is 12.0. The second-order valence-corrected chi connectivity index (χ2v) is 3.94. The number of nitrogens with two attached hydrogens (primary N) is 1. The quantitative estimate of drug-likeness (QED) is 0.498. The Hall–Kier alpha value is -0.940. The second kappa shape index (κ2) is 6.60. The summed E-state index contributed by atoms with van der Waals surface area (Å²) in [5.74, 6) is 0. The van der Waals surface area contributed by atoms with Crippen molar-refractivity contribution in [1.29, 1.82) is 0 Å². The highest BCUT2D eigenvalue weighted by molar-refractivity contribution is 5.23. The molecule has 0 radical (unpaired) electrons. The lowest BCUT2D eigenvalue weighted by atomic mass is 10.0. The summed E-state index contributed by atoms with van der Waals surface area (Å²) in [6.07, 6.45) is 0.0577. The largest absolute Gasteiger partial charge is 0.391 e. The highest BCUT2D eigenvalue weighted by Crippen LogP contribution is 2.10. The lowest BCUT2D eigenvalue weighted by Crippen LogP contribution is -2.27. The fourth-order valence-corrected chi connectivity index (χ4v) is 1.54. The van der Waals surface area contributed by atoms with E-state index in [1.165, 1.54) is 5.56 Å². The average molecular weight is 225 g/mol. The molecule has 0 aromatic heterocycles. The highest BCUT2D eigenvalue weighted by atomic mass is 17.1. The highest BCUT2D eigenvalue weighted by Gasteiger charge is 2.16. The molecule has 0 saturated heterocycles. The van der Waals surface area contributed by atoms with Crippen LogP contribution in [0.5, 0.6) is 0 Å². The molecule has 0 heterocycles. The molecule has 1 aromatic rings. The van der Waals surface area contributed by atoms with Crippen LogP contribution in [0.2, 0.25) is 0 Å². The summed E-state index contributed by atoms with van der Waals surface area (Å²) in [4.78, 5) is 4.22. The Morgan fingerprint density at radius 1 is 1.25 bits per heavy atom. The lowest BCUT2D eigenvalue weighted by molar-refractivity contribution is -0.294. The minimum atomic E-state index is -0.700. The van der Waals surface area contributed by atoms with E-state index in [9.17, 15) is 5.11 Å². The van der Waals surface area contributed by atoms with Crippen molar-refractivity contribution in [3.8, 4) is 0 Å². The van der Waals surface area contributed by atoms with E-state index in [4.69, 9.17) is 11.0 Å². The van der Waals surface area contributed by atoms with Crippen molar-refractivity contribution in [2.24, 2.45) is 5.73 Å². The normalized spacial score (nSPS) is 14.8. The minimum Gasteiger partial charge on any atom is -0.391 e. The van der Waals surface area contributed by atoms with Crippen LogP contribution in [0.25, 0.3) is 0 Å². The Morgan fingerprint density at radius 3 is 2.25 bits per heavy atom. The molecule has 0 saturated carbocycles. The summed E-state index contributed by atoms with van der Waals surface area (Å²) < 4.78 is 0. The fourth-order valence-electron chi connectivity index (χ4n) is 1.54. The molecular weight excluding hydrogens is 206 g/mol. The van der Waals surface area contributed by atoms with E-state index < -0.39 is 12.2 Å². The predicted octanol–water partition coefficient (Wildman–Crippen LogP) is 0.969. The van der Waals surface area contributed by atoms with E-state index in [1.54, 1.807) is 6.92 Å². The Morgan fingerprint density at radius 2 is 1.81 bits per heavy atom. The molecule has 0 fully saturated rings. The molecule has 1 unspecified atom stereocenters. The van der Waals surface area contributed by atoms with Gasteiger partial charge in [-0.25, -0.2) is 4.89 Å². The maximum absolute atomic E-state index is 9.31.